The van der Waals surface area contributed by atoms with Gasteiger partial charge in [-0.2, -0.15) is 5.26 Å². The van der Waals surface area contributed by atoms with Crippen LogP contribution < -0.4 is 0 Å². The molecule has 0 radical (unpaired) electrons. The van der Waals surface area contributed by atoms with Crippen molar-refractivity contribution in [2.45, 2.75) is 0 Å². The van der Waals surface area contributed by atoms with E-state index in [4.69, 9.17) is 16.4 Å². The fourth-order valence-electron chi connectivity index (χ4n) is 0.944. The molecular weight excluding hydrogens is 178 g/mol. The van der Waals surface area contributed by atoms with Crippen LogP contribution >= 0.6 is 0 Å². The van der Waals surface area contributed by atoms with E-state index in [0.717, 1.165) is 0 Å². The van der Waals surface area contributed by atoms with E-state index in [1.165, 1.54) is 6.07 Å². The molecule has 14 heavy (non-hydrogen) atoms. The highest BCUT2D eigenvalue weighted by Crippen LogP contribution is 2.08. The van der Waals surface area contributed by atoms with Gasteiger partial charge in [0.15, 0.2) is 6.61 Å². The fraction of sp³-hybridized carbons (Fsp3) is 0.0909. The first-order valence-corrected chi connectivity index (χ1v) is 3.89. The van der Waals surface area contributed by atoms with Crippen molar-refractivity contribution in [3.8, 4) is 18.4 Å². The molecule has 3 nitrogen and oxygen atoms in total. The lowest BCUT2D eigenvalue weighted by atomic mass is 10.1. The molecule has 0 unspecified atom stereocenters. The summed E-state index contributed by atoms with van der Waals surface area (Å²) in [4.78, 5) is 11.3. The second kappa shape index (κ2) is 4.69. The zero-order valence-electron chi connectivity index (χ0n) is 7.36. The maximum Gasteiger partial charge on any atom is 0.340 e. The highest BCUT2D eigenvalue weighted by Gasteiger charge is 2.10. The third-order valence-corrected chi connectivity index (χ3v) is 1.55. The first-order valence-electron chi connectivity index (χ1n) is 3.89. The van der Waals surface area contributed by atoms with Crippen molar-refractivity contribution in [2.75, 3.05) is 6.61 Å². The zero-order valence-corrected chi connectivity index (χ0v) is 7.36. The molecule has 0 aliphatic heterocycles. The number of carbonyl (C=O) groups excluding carboxylic acids is 1. The molecular formula is C11H7NO2. The van der Waals surface area contributed by atoms with E-state index < -0.39 is 5.97 Å². The Kier molecular flexibility index (Phi) is 3.29. The first-order chi connectivity index (χ1) is 6.79. The number of ether oxygens (including phenoxy) is 1. The molecule has 0 N–H and O–H groups in total. The largest absolute Gasteiger partial charge is 0.449 e. The Morgan fingerprint density at radius 1 is 1.50 bits per heavy atom. The van der Waals surface area contributed by atoms with Crippen molar-refractivity contribution >= 4 is 5.97 Å². The van der Waals surface area contributed by atoms with Crippen molar-refractivity contribution < 1.29 is 9.53 Å². The van der Waals surface area contributed by atoms with Crippen LogP contribution in [0, 0.1) is 23.7 Å². The zero-order chi connectivity index (χ0) is 10.4. The van der Waals surface area contributed by atoms with Crippen LogP contribution in [0.2, 0.25) is 0 Å². The van der Waals surface area contributed by atoms with Crippen LogP contribution in [0.4, 0.5) is 0 Å². The van der Waals surface area contributed by atoms with E-state index in [-0.39, 0.29) is 17.7 Å². The molecule has 0 saturated heterocycles. The monoisotopic (exact) mass is 185 g/mol. The Labute approximate surface area is 81.9 Å². The minimum atomic E-state index is -0.569. The number of terminal acetylenes is 1. The van der Waals surface area contributed by atoms with Gasteiger partial charge in [-0.05, 0) is 12.1 Å². The molecule has 1 rings (SSSR count). The molecule has 0 atom stereocenters. The molecule has 0 bridgehead atoms. The Balaban J connectivity index is 2.91. The van der Waals surface area contributed by atoms with Crippen molar-refractivity contribution in [2.24, 2.45) is 0 Å². The summed E-state index contributed by atoms with van der Waals surface area (Å²) in [5.74, 6) is 1.61. The normalized spacial score (nSPS) is 8.43. The molecule has 1 aromatic rings. The van der Waals surface area contributed by atoms with Gasteiger partial charge in [0.1, 0.15) is 6.07 Å². The minimum Gasteiger partial charge on any atom is -0.449 e. The van der Waals surface area contributed by atoms with Crippen LogP contribution in [-0.4, -0.2) is 12.6 Å². The molecule has 0 aliphatic carbocycles. The summed E-state index contributed by atoms with van der Waals surface area (Å²) < 4.78 is 4.69. The summed E-state index contributed by atoms with van der Waals surface area (Å²) >= 11 is 0. The van der Waals surface area contributed by atoms with Gasteiger partial charge >= 0.3 is 5.97 Å². The number of hydrogen-bond acceptors (Lipinski definition) is 3. The van der Waals surface area contributed by atoms with Crippen LogP contribution in [0.25, 0.3) is 0 Å². The highest BCUT2D eigenvalue weighted by molar-refractivity contribution is 5.92. The van der Waals surface area contributed by atoms with E-state index in [9.17, 15) is 4.79 Å². The average molecular weight is 185 g/mol. The first kappa shape index (κ1) is 9.83. The van der Waals surface area contributed by atoms with Gasteiger partial charge in [0, 0.05) is 0 Å². The highest BCUT2D eigenvalue weighted by atomic mass is 16.5. The van der Waals surface area contributed by atoms with E-state index in [1.807, 2.05) is 6.07 Å². The summed E-state index contributed by atoms with van der Waals surface area (Å²) in [6, 6.07) is 8.31. The van der Waals surface area contributed by atoms with Gasteiger partial charge in [-0.25, -0.2) is 4.79 Å². The van der Waals surface area contributed by atoms with E-state index in [0.29, 0.717) is 0 Å². The summed E-state index contributed by atoms with van der Waals surface area (Å²) in [5.41, 5.74) is 0.528. The predicted octanol–water partition coefficient (Wildman–Crippen LogP) is 1.35. The lowest BCUT2D eigenvalue weighted by molar-refractivity contribution is 0.0556. The average Bonchev–Trinajstić information content (AvgIpc) is 2.25. The molecule has 0 aliphatic rings. The van der Waals surface area contributed by atoms with Crippen LogP contribution in [0.15, 0.2) is 24.3 Å². The quantitative estimate of drug-likeness (QED) is 0.516. The number of hydrogen-bond donors (Lipinski definition) is 0. The second-order valence-corrected chi connectivity index (χ2v) is 2.44. The predicted molar refractivity (Wildman–Crippen MR) is 50.3 cm³/mol. The minimum absolute atomic E-state index is 0.0847. The standard InChI is InChI=1S/C11H7NO2/c1-2-7-14-11(13)10-6-4-3-5-9(10)8-12/h1,3-6H,7H2. The number of nitriles is 1. The third kappa shape index (κ3) is 2.12. The lowest BCUT2D eigenvalue weighted by Gasteiger charge is -2.01. The summed E-state index contributed by atoms with van der Waals surface area (Å²) in [6.07, 6.45) is 4.93. The molecule has 3 heteroatoms. The maximum atomic E-state index is 11.3. The smallest absolute Gasteiger partial charge is 0.340 e. The molecule has 0 heterocycles. The van der Waals surface area contributed by atoms with E-state index in [2.05, 4.69) is 5.92 Å². The van der Waals surface area contributed by atoms with E-state index in [1.54, 1.807) is 18.2 Å². The molecule has 1 aromatic carbocycles. The van der Waals surface area contributed by atoms with Gasteiger partial charge in [0.05, 0.1) is 11.1 Å². The van der Waals surface area contributed by atoms with Crippen LogP contribution in [-0.2, 0) is 4.74 Å². The van der Waals surface area contributed by atoms with Gasteiger partial charge in [-0.15, -0.1) is 6.42 Å². The third-order valence-electron chi connectivity index (χ3n) is 1.55. The van der Waals surface area contributed by atoms with Crippen LogP contribution in [0.3, 0.4) is 0 Å². The lowest BCUT2D eigenvalue weighted by Crippen LogP contribution is -2.07. The number of rotatable bonds is 2. The maximum absolute atomic E-state index is 11.3. The number of esters is 1. The summed E-state index contributed by atoms with van der Waals surface area (Å²) in [7, 11) is 0. The Morgan fingerprint density at radius 3 is 2.86 bits per heavy atom. The number of benzene rings is 1. The Bertz CT molecular complexity index is 424. The molecule has 0 spiro atoms. The molecule has 0 saturated carbocycles. The SMILES string of the molecule is C#CCOC(=O)c1ccccc1C#N. The molecule has 0 fully saturated rings. The summed E-state index contributed by atoms with van der Waals surface area (Å²) in [5, 5.41) is 8.69. The van der Waals surface area contributed by atoms with Gasteiger partial charge in [-0.3, -0.25) is 0 Å². The summed E-state index contributed by atoms with van der Waals surface area (Å²) in [6.45, 7) is -0.0847. The number of carbonyl (C=O) groups is 1. The molecule has 68 valence electrons. The number of nitrogens with zero attached hydrogens (tertiary/aromatic N) is 1. The van der Waals surface area contributed by atoms with Crippen LogP contribution in [0.1, 0.15) is 15.9 Å². The Hall–Kier alpha value is -2.26. The van der Waals surface area contributed by atoms with Crippen molar-refractivity contribution in [3.63, 3.8) is 0 Å². The van der Waals surface area contributed by atoms with Crippen molar-refractivity contribution in [3.05, 3.63) is 35.4 Å². The fourth-order valence-corrected chi connectivity index (χ4v) is 0.944. The molecule has 0 amide bonds. The van der Waals surface area contributed by atoms with Gasteiger partial charge in [0.25, 0.3) is 0 Å². The van der Waals surface area contributed by atoms with Gasteiger partial charge < -0.3 is 4.74 Å². The second-order valence-electron chi connectivity index (χ2n) is 2.44. The van der Waals surface area contributed by atoms with E-state index >= 15 is 0 Å². The van der Waals surface area contributed by atoms with Crippen LogP contribution in [0.5, 0.6) is 0 Å². The Morgan fingerprint density at radius 2 is 2.21 bits per heavy atom. The van der Waals surface area contributed by atoms with Crippen molar-refractivity contribution in [1.29, 1.82) is 5.26 Å². The van der Waals surface area contributed by atoms with Gasteiger partial charge in [0.2, 0.25) is 0 Å². The topological polar surface area (TPSA) is 50.1 Å². The van der Waals surface area contributed by atoms with Crippen molar-refractivity contribution in [1.82, 2.24) is 0 Å². The molecule has 0 aromatic heterocycles. The van der Waals surface area contributed by atoms with Gasteiger partial charge in [-0.1, -0.05) is 18.1 Å².